The molecule has 1 aromatic rings. The second-order valence-corrected chi connectivity index (χ2v) is 4.88. The van der Waals surface area contributed by atoms with E-state index in [-0.39, 0.29) is 5.91 Å². The highest BCUT2D eigenvalue weighted by atomic mass is 35.5. The molecule has 1 rings (SSSR count). The van der Waals surface area contributed by atoms with Crippen molar-refractivity contribution in [1.29, 1.82) is 0 Å². The Morgan fingerprint density at radius 2 is 2.11 bits per heavy atom. The van der Waals surface area contributed by atoms with Crippen LogP contribution in [0.5, 0.6) is 0 Å². The van der Waals surface area contributed by atoms with Gasteiger partial charge in [-0.3, -0.25) is 4.79 Å². The lowest BCUT2D eigenvalue weighted by Gasteiger charge is -2.07. The van der Waals surface area contributed by atoms with Crippen LogP contribution >= 0.6 is 11.6 Å². The van der Waals surface area contributed by atoms with Crippen molar-refractivity contribution in [2.75, 3.05) is 11.2 Å². The van der Waals surface area contributed by atoms with Gasteiger partial charge in [0.2, 0.25) is 5.91 Å². The second-order valence-electron chi connectivity index (χ2n) is 4.50. The quantitative estimate of drug-likeness (QED) is 0.550. The Bertz CT molecular complexity index is 365. The fourth-order valence-electron chi connectivity index (χ4n) is 1.83. The standard InChI is InChI=1S/C15H22ClNO/c1-2-3-4-7-13-8-5-9-14(12-13)17-15(18)10-6-11-16/h5,8-9,12H,2-4,6-7,10-11H2,1H3,(H,17,18). The average molecular weight is 268 g/mol. The van der Waals surface area contributed by atoms with Gasteiger partial charge < -0.3 is 5.32 Å². The minimum Gasteiger partial charge on any atom is -0.326 e. The van der Waals surface area contributed by atoms with Gasteiger partial charge in [0.25, 0.3) is 0 Å². The molecule has 0 unspecified atom stereocenters. The molecule has 1 amide bonds. The van der Waals surface area contributed by atoms with Crippen LogP contribution in [0.15, 0.2) is 24.3 Å². The van der Waals surface area contributed by atoms with Gasteiger partial charge in [-0.2, -0.15) is 0 Å². The van der Waals surface area contributed by atoms with Crippen molar-refractivity contribution in [3.05, 3.63) is 29.8 Å². The monoisotopic (exact) mass is 267 g/mol. The topological polar surface area (TPSA) is 29.1 Å². The van der Waals surface area contributed by atoms with E-state index in [2.05, 4.69) is 24.4 Å². The first-order valence-electron chi connectivity index (χ1n) is 6.71. The van der Waals surface area contributed by atoms with E-state index in [1.54, 1.807) is 0 Å². The molecule has 0 spiro atoms. The summed E-state index contributed by atoms with van der Waals surface area (Å²) in [5.74, 6) is 0.575. The fraction of sp³-hybridized carbons (Fsp3) is 0.533. The number of hydrogen-bond acceptors (Lipinski definition) is 1. The van der Waals surface area contributed by atoms with Crippen molar-refractivity contribution in [1.82, 2.24) is 0 Å². The fourth-order valence-corrected chi connectivity index (χ4v) is 1.97. The minimum absolute atomic E-state index is 0.0429. The third-order valence-corrected chi connectivity index (χ3v) is 3.08. The Kier molecular flexibility index (Phi) is 7.51. The van der Waals surface area contributed by atoms with Crippen LogP contribution in [0, 0.1) is 0 Å². The lowest BCUT2D eigenvalue weighted by atomic mass is 10.1. The summed E-state index contributed by atoms with van der Waals surface area (Å²) >= 11 is 5.56. The Morgan fingerprint density at radius 3 is 2.83 bits per heavy atom. The first-order chi connectivity index (χ1) is 8.76. The van der Waals surface area contributed by atoms with Gasteiger partial charge in [-0.25, -0.2) is 0 Å². The molecule has 0 aliphatic carbocycles. The molecule has 1 aromatic carbocycles. The van der Waals surface area contributed by atoms with Gasteiger partial charge in [0.05, 0.1) is 0 Å². The van der Waals surface area contributed by atoms with Crippen LogP contribution in [0.4, 0.5) is 5.69 Å². The highest BCUT2D eigenvalue weighted by Gasteiger charge is 2.02. The zero-order chi connectivity index (χ0) is 13.2. The van der Waals surface area contributed by atoms with Crippen molar-refractivity contribution in [2.24, 2.45) is 0 Å². The van der Waals surface area contributed by atoms with Gasteiger partial charge in [0.15, 0.2) is 0 Å². The van der Waals surface area contributed by atoms with E-state index in [1.165, 1.54) is 24.8 Å². The number of alkyl halides is 1. The Hall–Kier alpha value is -1.02. The van der Waals surface area contributed by atoms with E-state index in [0.29, 0.717) is 12.3 Å². The summed E-state index contributed by atoms with van der Waals surface area (Å²) in [4.78, 5) is 11.6. The number of nitrogens with one attached hydrogen (secondary N) is 1. The average Bonchev–Trinajstić information content (AvgIpc) is 2.37. The third-order valence-electron chi connectivity index (χ3n) is 2.82. The molecule has 0 aliphatic rings. The van der Waals surface area contributed by atoms with Crippen LogP contribution in [0.2, 0.25) is 0 Å². The Morgan fingerprint density at radius 1 is 1.28 bits per heavy atom. The first-order valence-corrected chi connectivity index (χ1v) is 7.24. The number of anilines is 1. The molecule has 0 fully saturated rings. The predicted octanol–water partition coefficient (Wildman–Crippen LogP) is 4.38. The molecule has 0 heterocycles. The number of halogens is 1. The van der Waals surface area contributed by atoms with Crippen LogP contribution in [0.25, 0.3) is 0 Å². The maximum Gasteiger partial charge on any atom is 0.224 e. The molecule has 0 saturated heterocycles. The molecule has 18 heavy (non-hydrogen) atoms. The number of rotatable bonds is 8. The number of amides is 1. The summed E-state index contributed by atoms with van der Waals surface area (Å²) in [5, 5.41) is 2.91. The zero-order valence-electron chi connectivity index (χ0n) is 11.0. The lowest BCUT2D eigenvalue weighted by Crippen LogP contribution is -2.11. The van der Waals surface area contributed by atoms with Gasteiger partial charge in [-0.1, -0.05) is 31.9 Å². The minimum atomic E-state index is 0.0429. The normalized spacial score (nSPS) is 10.3. The summed E-state index contributed by atoms with van der Waals surface area (Å²) in [6, 6.07) is 8.11. The highest BCUT2D eigenvalue weighted by Crippen LogP contribution is 2.14. The number of hydrogen-bond donors (Lipinski definition) is 1. The smallest absolute Gasteiger partial charge is 0.224 e. The molecule has 2 nitrogen and oxygen atoms in total. The predicted molar refractivity (Wildman–Crippen MR) is 78.3 cm³/mol. The Labute approximate surface area is 115 Å². The molecule has 0 aliphatic heterocycles. The SMILES string of the molecule is CCCCCc1cccc(NC(=O)CCCCl)c1. The molecule has 0 aromatic heterocycles. The molecular weight excluding hydrogens is 246 g/mol. The van der Waals surface area contributed by atoms with Crippen molar-refractivity contribution in [2.45, 2.75) is 45.4 Å². The zero-order valence-corrected chi connectivity index (χ0v) is 11.8. The van der Waals surface area contributed by atoms with E-state index in [4.69, 9.17) is 11.6 Å². The van der Waals surface area contributed by atoms with Crippen LogP contribution in [-0.2, 0) is 11.2 Å². The molecule has 0 bridgehead atoms. The molecule has 0 atom stereocenters. The maximum atomic E-state index is 11.6. The van der Waals surface area contributed by atoms with E-state index in [0.717, 1.165) is 18.5 Å². The largest absolute Gasteiger partial charge is 0.326 e. The third kappa shape index (κ3) is 6.06. The molecule has 0 radical (unpaired) electrons. The molecular formula is C15H22ClNO. The number of carbonyl (C=O) groups is 1. The van der Waals surface area contributed by atoms with Gasteiger partial charge >= 0.3 is 0 Å². The van der Waals surface area contributed by atoms with Crippen molar-refractivity contribution >= 4 is 23.2 Å². The summed E-state index contributed by atoms with van der Waals surface area (Å²) in [5.41, 5.74) is 2.18. The molecule has 3 heteroatoms. The van der Waals surface area contributed by atoms with E-state index < -0.39 is 0 Å². The van der Waals surface area contributed by atoms with Gasteiger partial charge in [-0.05, 0) is 37.0 Å². The van der Waals surface area contributed by atoms with Crippen LogP contribution < -0.4 is 5.32 Å². The maximum absolute atomic E-state index is 11.6. The summed E-state index contributed by atoms with van der Waals surface area (Å²) < 4.78 is 0. The van der Waals surface area contributed by atoms with Crippen molar-refractivity contribution in [3.63, 3.8) is 0 Å². The summed E-state index contributed by atoms with van der Waals surface area (Å²) in [6.07, 6.45) is 5.99. The molecule has 1 N–H and O–H groups in total. The Balaban J connectivity index is 2.45. The number of aryl methyl sites for hydroxylation is 1. The number of unbranched alkanes of at least 4 members (excludes halogenated alkanes) is 2. The van der Waals surface area contributed by atoms with E-state index in [1.807, 2.05) is 12.1 Å². The molecule has 0 saturated carbocycles. The van der Waals surface area contributed by atoms with Crippen LogP contribution in [0.1, 0.15) is 44.6 Å². The van der Waals surface area contributed by atoms with Crippen molar-refractivity contribution < 1.29 is 4.79 Å². The highest BCUT2D eigenvalue weighted by molar-refractivity contribution is 6.18. The van der Waals surface area contributed by atoms with Crippen molar-refractivity contribution in [3.8, 4) is 0 Å². The lowest BCUT2D eigenvalue weighted by molar-refractivity contribution is -0.116. The van der Waals surface area contributed by atoms with Crippen LogP contribution in [-0.4, -0.2) is 11.8 Å². The van der Waals surface area contributed by atoms with Gasteiger partial charge in [0.1, 0.15) is 0 Å². The van der Waals surface area contributed by atoms with Crippen LogP contribution in [0.3, 0.4) is 0 Å². The van der Waals surface area contributed by atoms with E-state index in [9.17, 15) is 4.79 Å². The van der Waals surface area contributed by atoms with Gasteiger partial charge in [0, 0.05) is 18.0 Å². The number of benzene rings is 1. The van der Waals surface area contributed by atoms with E-state index >= 15 is 0 Å². The second kappa shape index (κ2) is 8.98. The molecule has 100 valence electrons. The number of carbonyl (C=O) groups excluding carboxylic acids is 1. The summed E-state index contributed by atoms with van der Waals surface area (Å²) in [7, 11) is 0. The summed E-state index contributed by atoms with van der Waals surface area (Å²) in [6.45, 7) is 2.20. The van der Waals surface area contributed by atoms with Gasteiger partial charge in [-0.15, -0.1) is 11.6 Å². The first kappa shape index (κ1) is 15.0.